The van der Waals surface area contributed by atoms with E-state index in [9.17, 15) is 19.5 Å². The third-order valence-electron chi connectivity index (χ3n) is 6.19. The molecule has 2 unspecified atom stereocenters. The van der Waals surface area contributed by atoms with E-state index in [0.29, 0.717) is 11.1 Å². The number of carbonyl (C=O) groups is 3. The summed E-state index contributed by atoms with van der Waals surface area (Å²) in [7, 11) is 1.55. The average molecular weight is 479 g/mol. The number of benzene rings is 2. The van der Waals surface area contributed by atoms with Crippen LogP contribution >= 0.6 is 11.3 Å². The first-order valence-corrected chi connectivity index (χ1v) is 11.8. The van der Waals surface area contributed by atoms with E-state index in [1.54, 1.807) is 55.6 Å². The number of hydrogen-bond acceptors (Lipinski definition) is 6. The molecule has 1 aromatic heterocycles. The molecule has 0 aliphatic carbocycles. The van der Waals surface area contributed by atoms with Gasteiger partial charge in [-0.3, -0.25) is 14.4 Å². The van der Waals surface area contributed by atoms with Gasteiger partial charge in [-0.15, -0.1) is 11.3 Å². The Kier molecular flexibility index (Phi) is 6.81. The summed E-state index contributed by atoms with van der Waals surface area (Å²) in [6.07, 6.45) is 0.154. The Morgan fingerprint density at radius 2 is 1.94 bits per heavy atom. The van der Waals surface area contributed by atoms with Crippen molar-refractivity contribution in [2.45, 2.75) is 24.9 Å². The summed E-state index contributed by atoms with van der Waals surface area (Å²) in [5, 5.41) is 14.7. The second-order valence-corrected chi connectivity index (χ2v) is 9.49. The summed E-state index contributed by atoms with van der Waals surface area (Å²) in [5.41, 5.74) is 1.01. The highest BCUT2D eigenvalue weighted by molar-refractivity contribution is 7.13. The van der Waals surface area contributed by atoms with Crippen molar-refractivity contribution in [3.05, 3.63) is 77.2 Å². The van der Waals surface area contributed by atoms with E-state index < -0.39 is 23.4 Å². The second kappa shape index (κ2) is 9.79. The number of likely N-dealkylation sites (N-methyl/N-ethyl adjacent to an activating group) is 1. The minimum absolute atomic E-state index is 0.0473. The van der Waals surface area contributed by atoms with Crippen molar-refractivity contribution in [3.63, 3.8) is 0 Å². The van der Waals surface area contributed by atoms with E-state index in [4.69, 9.17) is 4.74 Å². The Balaban J connectivity index is 1.56. The number of nitrogens with one attached hydrogen (secondary N) is 1. The summed E-state index contributed by atoms with van der Waals surface area (Å²) in [4.78, 5) is 41.4. The molecule has 2 aromatic carbocycles. The van der Waals surface area contributed by atoms with Crippen molar-refractivity contribution < 1.29 is 24.2 Å². The number of phenols is 1. The molecule has 3 aromatic rings. The molecule has 0 bridgehead atoms. The first-order chi connectivity index (χ1) is 16.3. The summed E-state index contributed by atoms with van der Waals surface area (Å²) >= 11 is 1.61. The number of ether oxygens (including phenoxy) is 1. The first kappa shape index (κ1) is 23.7. The van der Waals surface area contributed by atoms with Gasteiger partial charge in [-0.2, -0.15) is 0 Å². The van der Waals surface area contributed by atoms with Crippen LogP contribution in [0.1, 0.15) is 22.8 Å². The van der Waals surface area contributed by atoms with Crippen molar-refractivity contribution in [2.75, 3.05) is 20.3 Å². The van der Waals surface area contributed by atoms with Crippen LogP contribution < -0.4 is 5.32 Å². The Hall–Kier alpha value is -3.49. The number of rotatable bonds is 7. The molecule has 4 rings (SSSR count). The summed E-state index contributed by atoms with van der Waals surface area (Å²) in [6, 6.07) is 16.8. The molecule has 0 saturated carbocycles. The normalized spacial score (nSPS) is 18.5. The van der Waals surface area contributed by atoms with Gasteiger partial charge in [0.25, 0.3) is 5.91 Å². The van der Waals surface area contributed by atoms with Gasteiger partial charge in [0.05, 0.1) is 6.61 Å². The lowest BCUT2D eigenvalue weighted by Gasteiger charge is -2.35. The quantitative estimate of drug-likeness (QED) is 0.543. The van der Waals surface area contributed by atoms with Gasteiger partial charge in [0.2, 0.25) is 5.91 Å². The third-order valence-corrected chi connectivity index (χ3v) is 7.11. The van der Waals surface area contributed by atoms with Crippen LogP contribution in [0.15, 0.2) is 66.0 Å². The van der Waals surface area contributed by atoms with E-state index in [1.807, 2.05) is 29.6 Å². The fourth-order valence-corrected chi connectivity index (χ4v) is 4.66. The van der Waals surface area contributed by atoms with E-state index in [2.05, 4.69) is 5.32 Å². The van der Waals surface area contributed by atoms with Crippen molar-refractivity contribution in [1.29, 1.82) is 0 Å². The minimum atomic E-state index is -1.10. The molecule has 1 fully saturated rings. The Bertz CT molecular complexity index is 1190. The molecule has 2 amide bonds. The Morgan fingerprint density at radius 1 is 1.18 bits per heavy atom. The van der Waals surface area contributed by atoms with Crippen LogP contribution in [0.25, 0.3) is 10.4 Å². The fourth-order valence-electron chi connectivity index (χ4n) is 3.93. The van der Waals surface area contributed by atoms with E-state index in [-0.39, 0.29) is 31.2 Å². The van der Waals surface area contributed by atoms with E-state index in [1.165, 1.54) is 11.0 Å². The lowest BCUT2D eigenvalue weighted by molar-refractivity contribution is -0.142. The molecule has 2 N–H and O–H groups in total. The topological polar surface area (TPSA) is 95.9 Å². The number of phenolic OH excluding ortho intramolecular Hbond substituents is 1. The van der Waals surface area contributed by atoms with Crippen LogP contribution in [0.2, 0.25) is 0 Å². The van der Waals surface area contributed by atoms with Gasteiger partial charge in [0.1, 0.15) is 23.9 Å². The lowest BCUT2D eigenvalue weighted by atomic mass is 9.95. The molecule has 8 heteroatoms. The van der Waals surface area contributed by atoms with Gasteiger partial charge < -0.3 is 20.1 Å². The Labute approximate surface area is 202 Å². The molecule has 0 radical (unpaired) electrons. The SMILES string of the molecule is CN(C(=O)C(Cc1cccc(O)c1)NC(=O)c1ccc(-c2cccs2)cc1)C1(C)COCC1=O. The molecule has 2 atom stereocenters. The fraction of sp³-hybridized carbons (Fsp3) is 0.269. The molecule has 1 aliphatic heterocycles. The maximum atomic E-state index is 13.5. The van der Waals surface area contributed by atoms with Crippen LogP contribution in [0.4, 0.5) is 0 Å². The smallest absolute Gasteiger partial charge is 0.251 e. The van der Waals surface area contributed by atoms with Gasteiger partial charge in [-0.25, -0.2) is 0 Å². The highest BCUT2D eigenvalue weighted by Crippen LogP contribution is 2.25. The Morgan fingerprint density at radius 3 is 2.56 bits per heavy atom. The molecule has 7 nitrogen and oxygen atoms in total. The molecule has 0 spiro atoms. The molecule has 1 saturated heterocycles. The average Bonchev–Trinajstić information content (AvgIpc) is 3.48. The number of Topliss-reactive ketones (excluding diaryl/α,β-unsaturated/α-hetero) is 1. The summed E-state index contributed by atoms with van der Waals surface area (Å²) in [6.45, 7) is 1.72. The molecule has 34 heavy (non-hydrogen) atoms. The van der Waals surface area contributed by atoms with E-state index >= 15 is 0 Å². The lowest BCUT2D eigenvalue weighted by Crippen LogP contribution is -2.58. The van der Waals surface area contributed by atoms with Crippen molar-refractivity contribution in [3.8, 4) is 16.2 Å². The molecular formula is C26H26N2O5S. The number of thiophene rings is 1. The maximum Gasteiger partial charge on any atom is 0.251 e. The van der Waals surface area contributed by atoms with Gasteiger partial charge in [-0.05, 0) is 53.8 Å². The van der Waals surface area contributed by atoms with Gasteiger partial charge >= 0.3 is 0 Å². The van der Waals surface area contributed by atoms with Gasteiger partial charge in [0.15, 0.2) is 5.78 Å². The van der Waals surface area contributed by atoms with Crippen LogP contribution in [0.5, 0.6) is 5.75 Å². The molecule has 176 valence electrons. The molecule has 2 heterocycles. The van der Waals surface area contributed by atoms with Crippen LogP contribution in [0.3, 0.4) is 0 Å². The van der Waals surface area contributed by atoms with Crippen LogP contribution in [-0.2, 0) is 20.7 Å². The zero-order valence-corrected chi connectivity index (χ0v) is 19.8. The maximum absolute atomic E-state index is 13.5. The first-order valence-electron chi connectivity index (χ1n) is 10.9. The van der Waals surface area contributed by atoms with Crippen LogP contribution in [0, 0.1) is 0 Å². The predicted octanol–water partition coefficient (Wildman–Crippen LogP) is 3.28. The number of hydrogen-bond donors (Lipinski definition) is 2. The number of aromatic hydroxyl groups is 1. The zero-order chi connectivity index (χ0) is 24.3. The number of carbonyl (C=O) groups excluding carboxylic acids is 3. The largest absolute Gasteiger partial charge is 0.508 e. The summed E-state index contributed by atoms with van der Waals surface area (Å²) in [5.74, 6) is -0.925. The van der Waals surface area contributed by atoms with Gasteiger partial charge in [0, 0.05) is 23.9 Å². The summed E-state index contributed by atoms with van der Waals surface area (Å²) < 4.78 is 5.29. The number of nitrogens with zero attached hydrogens (tertiary/aromatic N) is 1. The highest BCUT2D eigenvalue weighted by atomic mass is 32.1. The third kappa shape index (κ3) is 4.88. The standard InChI is InChI=1S/C26H26N2O5S/c1-26(16-33-15-23(26)30)28(2)25(32)21(14-17-5-3-6-20(29)13-17)27-24(31)19-10-8-18(9-11-19)22-7-4-12-34-22/h3-13,21,29H,14-16H2,1-2H3,(H,27,31). The molecule has 1 aliphatic rings. The zero-order valence-electron chi connectivity index (χ0n) is 19.0. The monoisotopic (exact) mass is 478 g/mol. The molecular weight excluding hydrogens is 452 g/mol. The van der Waals surface area contributed by atoms with E-state index in [0.717, 1.165) is 10.4 Å². The number of ketones is 1. The predicted molar refractivity (Wildman–Crippen MR) is 130 cm³/mol. The van der Waals surface area contributed by atoms with Crippen molar-refractivity contribution in [1.82, 2.24) is 10.2 Å². The van der Waals surface area contributed by atoms with Crippen LogP contribution in [-0.4, -0.2) is 59.4 Å². The van der Waals surface area contributed by atoms with Crippen molar-refractivity contribution in [2.24, 2.45) is 0 Å². The second-order valence-electron chi connectivity index (χ2n) is 8.54. The number of amides is 2. The minimum Gasteiger partial charge on any atom is -0.508 e. The highest BCUT2D eigenvalue weighted by Gasteiger charge is 2.45. The van der Waals surface area contributed by atoms with Crippen molar-refractivity contribution >= 4 is 28.9 Å². The van der Waals surface area contributed by atoms with Gasteiger partial charge in [-0.1, -0.05) is 30.3 Å².